The first-order valence-electron chi connectivity index (χ1n) is 10.5. The zero-order chi connectivity index (χ0) is 20.2. The van der Waals surface area contributed by atoms with E-state index in [1.807, 2.05) is 42.2 Å². The lowest BCUT2D eigenvalue weighted by atomic mass is 10.0. The van der Waals surface area contributed by atoms with E-state index in [1.54, 1.807) is 6.20 Å². The van der Waals surface area contributed by atoms with Gasteiger partial charge in [0, 0.05) is 44.0 Å². The van der Waals surface area contributed by atoms with Gasteiger partial charge >= 0.3 is 0 Å². The highest BCUT2D eigenvalue weighted by Crippen LogP contribution is 2.21. The Morgan fingerprint density at radius 2 is 1.72 bits per heavy atom. The molecule has 7 nitrogen and oxygen atoms in total. The summed E-state index contributed by atoms with van der Waals surface area (Å²) < 4.78 is 0. The molecule has 0 bridgehead atoms. The molecule has 3 heterocycles. The standard InChI is InChI=1S/C22H29N5O2/c1-16-2-4-17(5-3-16)21(29)27-12-7-18(8-13-27)24-22-23-11-6-20(25-22)26-14-9-19(28)10-15-26/h2-6,11,18-19,28H,7-10,12-15H2,1H3,(H,23,24,25). The lowest BCUT2D eigenvalue weighted by Crippen LogP contribution is -2.42. The molecule has 2 aromatic rings. The molecule has 0 unspecified atom stereocenters. The summed E-state index contributed by atoms with van der Waals surface area (Å²) >= 11 is 0. The molecule has 0 atom stereocenters. The molecule has 4 rings (SSSR count). The van der Waals surface area contributed by atoms with Crippen molar-refractivity contribution < 1.29 is 9.90 Å². The normalized spacial score (nSPS) is 18.7. The second-order valence-corrected chi connectivity index (χ2v) is 8.03. The van der Waals surface area contributed by atoms with Crippen LogP contribution in [-0.4, -0.2) is 64.2 Å². The number of anilines is 2. The summed E-state index contributed by atoms with van der Waals surface area (Å²) in [5.74, 6) is 1.65. The monoisotopic (exact) mass is 395 g/mol. The number of likely N-dealkylation sites (tertiary alicyclic amines) is 1. The first-order valence-corrected chi connectivity index (χ1v) is 10.5. The van der Waals surface area contributed by atoms with Crippen LogP contribution in [0.25, 0.3) is 0 Å². The number of hydrogen-bond donors (Lipinski definition) is 2. The van der Waals surface area contributed by atoms with E-state index in [1.165, 1.54) is 0 Å². The average Bonchev–Trinajstić information content (AvgIpc) is 2.75. The van der Waals surface area contributed by atoms with Crippen molar-refractivity contribution in [3.05, 3.63) is 47.7 Å². The summed E-state index contributed by atoms with van der Waals surface area (Å²) in [6.45, 7) is 5.12. The number of rotatable bonds is 4. The van der Waals surface area contributed by atoms with Gasteiger partial charge in [-0.15, -0.1) is 0 Å². The molecule has 2 fully saturated rings. The lowest BCUT2D eigenvalue weighted by molar-refractivity contribution is 0.0718. The highest BCUT2D eigenvalue weighted by molar-refractivity contribution is 5.94. The predicted octanol–water partition coefficient (Wildman–Crippen LogP) is 2.46. The minimum absolute atomic E-state index is 0.106. The van der Waals surface area contributed by atoms with Gasteiger partial charge in [-0.25, -0.2) is 4.98 Å². The van der Waals surface area contributed by atoms with Crippen LogP contribution in [-0.2, 0) is 0 Å². The second-order valence-electron chi connectivity index (χ2n) is 8.03. The second kappa shape index (κ2) is 8.78. The number of amides is 1. The maximum Gasteiger partial charge on any atom is 0.253 e. The van der Waals surface area contributed by atoms with Gasteiger partial charge in [0.15, 0.2) is 0 Å². The lowest BCUT2D eigenvalue weighted by Gasteiger charge is -2.33. The Balaban J connectivity index is 1.31. The Bertz CT molecular complexity index is 825. The molecule has 0 aliphatic carbocycles. The van der Waals surface area contributed by atoms with Gasteiger partial charge in [0.05, 0.1) is 6.10 Å². The summed E-state index contributed by atoms with van der Waals surface area (Å²) in [5.41, 5.74) is 1.91. The van der Waals surface area contributed by atoms with E-state index < -0.39 is 0 Å². The van der Waals surface area contributed by atoms with Gasteiger partial charge in [0.25, 0.3) is 5.91 Å². The number of aryl methyl sites for hydroxylation is 1. The molecule has 0 radical (unpaired) electrons. The van der Waals surface area contributed by atoms with Crippen LogP contribution in [0.1, 0.15) is 41.6 Å². The fourth-order valence-electron chi connectivity index (χ4n) is 3.98. The third kappa shape index (κ3) is 4.85. The van der Waals surface area contributed by atoms with E-state index in [0.29, 0.717) is 5.95 Å². The number of piperidine rings is 2. The van der Waals surface area contributed by atoms with Crippen LogP contribution in [0, 0.1) is 6.92 Å². The van der Waals surface area contributed by atoms with E-state index in [2.05, 4.69) is 20.2 Å². The van der Waals surface area contributed by atoms with Gasteiger partial charge in [-0.2, -0.15) is 4.98 Å². The third-order valence-electron chi connectivity index (χ3n) is 5.84. The van der Waals surface area contributed by atoms with Crippen molar-refractivity contribution in [3.63, 3.8) is 0 Å². The Kier molecular flexibility index (Phi) is 5.94. The largest absolute Gasteiger partial charge is 0.393 e. The average molecular weight is 396 g/mol. The van der Waals surface area contributed by atoms with E-state index in [9.17, 15) is 9.90 Å². The highest BCUT2D eigenvalue weighted by atomic mass is 16.3. The number of aliphatic hydroxyl groups excluding tert-OH is 1. The van der Waals surface area contributed by atoms with Crippen molar-refractivity contribution in [1.82, 2.24) is 14.9 Å². The molecule has 2 aliphatic heterocycles. The molecular weight excluding hydrogens is 366 g/mol. The molecule has 29 heavy (non-hydrogen) atoms. The van der Waals surface area contributed by atoms with Crippen LogP contribution in [0.15, 0.2) is 36.5 Å². The molecule has 1 aromatic heterocycles. The molecule has 1 aromatic carbocycles. The van der Waals surface area contributed by atoms with Gasteiger partial charge in [0.1, 0.15) is 5.82 Å². The van der Waals surface area contributed by atoms with Gasteiger partial charge in [-0.3, -0.25) is 4.79 Å². The van der Waals surface area contributed by atoms with E-state index in [0.717, 1.165) is 68.8 Å². The van der Waals surface area contributed by atoms with Crippen LogP contribution in [0.5, 0.6) is 0 Å². The molecular formula is C22H29N5O2. The fraction of sp³-hybridized carbons (Fsp3) is 0.500. The number of benzene rings is 1. The van der Waals surface area contributed by atoms with Crippen LogP contribution >= 0.6 is 0 Å². The number of carbonyl (C=O) groups excluding carboxylic acids is 1. The van der Waals surface area contributed by atoms with E-state index in [4.69, 9.17) is 0 Å². The highest BCUT2D eigenvalue weighted by Gasteiger charge is 2.24. The zero-order valence-electron chi connectivity index (χ0n) is 16.9. The van der Waals surface area contributed by atoms with E-state index in [-0.39, 0.29) is 18.1 Å². The third-order valence-corrected chi connectivity index (χ3v) is 5.84. The van der Waals surface area contributed by atoms with Gasteiger partial charge in [-0.05, 0) is 50.8 Å². The number of hydrogen-bond acceptors (Lipinski definition) is 6. The molecule has 2 aliphatic rings. The fourth-order valence-corrected chi connectivity index (χ4v) is 3.98. The van der Waals surface area contributed by atoms with E-state index >= 15 is 0 Å². The van der Waals surface area contributed by atoms with Crippen LogP contribution in [0.2, 0.25) is 0 Å². The SMILES string of the molecule is Cc1ccc(C(=O)N2CCC(Nc3nccc(N4CCC(O)CC4)n3)CC2)cc1. The number of nitrogens with zero attached hydrogens (tertiary/aromatic N) is 4. The Hall–Kier alpha value is -2.67. The first-order chi connectivity index (χ1) is 14.1. The van der Waals surface area contributed by atoms with Crippen molar-refractivity contribution in [2.24, 2.45) is 0 Å². The van der Waals surface area contributed by atoms with Gasteiger partial charge in [0.2, 0.25) is 5.95 Å². The number of aromatic nitrogens is 2. The number of aliphatic hydroxyl groups is 1. The maximum absolute atomic E-state index is 12.7. The first kappa shape index (κ1) is 19.6. The van der Waals surface area contributed by atoms with Crippen molar-refractivity contribution in [2.75, 3.05) is 36.4 Å². The van der Waals surface area contributed by atoms with Crippen LogP contribution in [0.4, 0.5) is 11.8 Å². The van der Waals surface area contributed by atoms with Crippen LogP contribution in [0.3, 0.4) is 0 Å². The Labute approximate surface area is 171 Å². The molecule has 7 heteroatoms. The molecule has 0 spiro atoms. The van der Waals surface area contributed by atoms with Crippen molar-refractivity contribution in [1.29, 1.82) is 0 Å². The number of carbonyl (C=O) groups is 1. The van der Waals surface area contributed by atoms with Crippen molar-refractivity contribution >= 4 is 17.7 Å². The molecule has 154 valence electrons. The summed E-state index contributed by atoms with van der Waals surface area (Å²) in [5, 5.41) is 13.1. The van der Waals surface area contributed by atoms with Crippen LogP contribution < -0.4 is 10.2 Å². The van der Waals surface area contributed by atoms with Crippen molar-refractivity contribution in [3.8, 4) is 0 Å². The topological polar surface area (TPSA) is 81.6 Å². The molecule has 2 N–H and O–H groups in total. The number of nitrogens with one attached hydrogen (secondary N) is 1. The quantitative estimate of drug-likeness (QED) is 0.828. The predicted molar refractivity (Wildman–Crippen MR) is 113 cm³/mol. The summed E-state index contributed by atoms with van der Waals surface area (Å²) in [4.78, 5) is 25.8. The molecule has 1 amide bonds. The molecule has 2 saturated heterocycles. The Morgan fingerprint density at radius 3 is 2.41 bits per heavy atom. The maximum atomic E-state index is 12.7. The minimum Gasteiger partial charge on any atom is -0.393 e. The Morgan fingerprint density at radius 1 is 1.03 bits per heavy atom. The molecule has 0 saturated carbocycles. The zero-order valence-corrected chi connectivity index (χ0v) is 16.9. The summed E-state index contributed by atoms with van der Waals surface area (Å²) in [7, 11) is 0. The van der Waals surface area contributed by atoms with Crippen molar-refractivity contribution in [2.45, 2.75) is 44.8 Å². The van der Waals surface area contributed by atoms with Gasteiger partial charge < -0.3 is 20.2 Å². The summed E-state index contributed by atoms with van der Waals surface area (Å²) in [6, 6.07) is 9.95. The minimum atomic E-state index is -0.196. The summed E-state index contributed by atoms with van der Waals surface area (Å²) in [6.07, 6.45) is 4.90. The smallest absolute Gasteiger partial charge is 0.253 e. The van der Waals surface area contributed by atoms with Gasteiger partial charge in [-0.1, -0.05) is 17.7 Å².